The number of ether oxygens (including phenoxy) is 5. The van der Waals surface area contributed by atoms with Crippen molar-refractivity contribution in [2.75, 3.05) is 26.9 Å². The molecular weight excluding hydrogens is 651 g/mol. The van der Waals surface area contributed by atoms with Gasteiger partial charge in [-0.2, -0.15) is 0 Å². The molecule has 5 rings (SSSR count). The first-order valence-electron chi connectivity index (χ1n) is 14.6. The molecule has 0 N–H and O–H groups in total. The molecule has 9 nitrogen and oxygen atoms in total. The number of rotatable bonds is 12. The van der Waals surface area contributed by atoms with Gasteiger partial charge in [-0.25, -0.2) is 9.79 Å². The number of halogens is 2. The fourth-order valence-electron chi connectivity index (χ4n) is 4.93. The van der Waals surface area contributed by atoms with Crippen molar-refractivity contribution in [1.29, 1.82) is 0 Å². The highest BCUT2D eigenvalue weighted by Crippen LogP contribution is 2.35. The molecule has 1 aliphatic heterocycles. The van der Waals surface area contributed by atoms with E-state index in [-0.39, 0.29) is 17.7 Å². The average molecular weight is 684 g/mol. The van der Waals surface area contributed by atoms with E-state index in [4.69, 9.17) is 46.9 Å². The van der Waals surface area contributed by atoms with Crippen LogP contribution in [0.3, 0.4) is 0 Å². The number of aromatic nitrogens is 1. The molecule has 240 valence electrons. The highest BCUT2D eigenvalue weighted by atomic mass is 35.5. The highest BCUT2D eigenvalue weighted by molar-refractivity contribution is 7.07. The van der Waals surface area contributed by atoms with Crippen molar-refractivity contribution in [2.24, 2.45) is 4.99 Å². The maximum Gasteiger partial charge on any atom is 0.337 e. The molecular formula is C34H32Cl2N2O7S. The van der Waals surface area contributed by atoms with Crippen LogP contribution in [-0.4, -0.2) is 37.5 Å². The first-order valence-corrected chi connectivity index (χ1v) is 16.2. The van der Waals surface area contributed by atoms with E-state index >= 15 is 0 Å². The molecule has 12 heteroatoms. The summed E-state index contributed by atoms with van der Waals surface area (Å²) < 4.78 is 30.5. The first kappa shape index (κ1) is 33.1. The van der Waals surface area contributed by atoms with Gasteiger partial charge in [0.25, 0.3) is 5.56 Å². The minimum Gasteiger partial charge on any atom is -0.490 e. The minimum absolute atomic E-state index is 0.218. The third-order valence-corrected chi connectivity index (χ3v) is 8.69. The van der Waals surface area contributed by atoms with Gasteiger partial charge in [-0.1, -0.05) is 52.7 Å². The van der Waals surface area contributed by atoms with Crippen LogP contribution in [-0.2, 0) is 16.1 Å². The summed E-state index contributed by atoms with van der Waals surface area (Å²) in [4.78, 5) is 31.8. The molecule has 0 radical (unpaired) electrons. The summed E-state index contributed by atoms with van der Waals surface area (Å²) in [5.41, 5.74) is 2.12. The van der Waals surface area contributed by atoms with E-state index in [9.17, 15) is 9.59 Å². The number of hydrogen-bond donors (Lipinski definition) is 0. The molecule has 4 aromatic rings. The lowest BCUT2D eigenvalue weighted by atomic mass is 9.97. The largest absolute Gasteiger partial charge is 0.490 e. The summed E-state index contributed by atoms with van der Waals surface area (Å²) in [6.07, 6.45) is 3.22. The topological polar surface area (TPSA) is 97.6 Å². The second-order valence-electron chi connectivity index (χ2n) is 9.92. The molecule has 1 aromatic heterocycles. The Hall–Kier alpha value is -4.25. The average Bonchev–Trinajstić information content (AvgIpc) is 3.37. The first-order chi connectivity index (χ1) is 22.3. The number of methoxy groups -OCH3 is 1. The number of thiazole rings is 1. The van der Waals surface area contributed by atoms with Crippen LogP contribution in [0.15, 0.2) is 76.2 Å². The summed E-state index contributed by atoms with van der Waals surface area (Å²) in [5, 5.41) is 0.917. The number of benzene rings is 3. The van der Waals surface area contributed by atoms with E-state index in [1.807, 2.05) is 45.0 Å². The number of esters is 1. The SMILES string of the molecule is CCOc1ccc([C@@H]2C(C(=O)OC)=CN=c3s/c(=C\c4ccc(OCc5ccc(Cl)c(Cl)c5)c(OCC)c4)c(=O)n32)cc1OCC. The van der Waals surface area contributed by atoms with Crippen LogP contribution < -0.4 is 33.8 Å². The van der Waals surface area contributed by atoms with Crippen molar-refractivity contribution in [3.63, 3.8) is 0 Å². The summed E-state index contributed by atoms with van der Waals surface area (Å²) in [6.45, 7) is 7.17. The van der Waals surface area contributed by atoms with E-state index in [1.165, 1.54) is 29.2 Å². The molecule has 0 fully saturated rings. The van der Waals surface area contributed by atoms with E-state index in [2.05, 4.69) is 4.99 Å². The number of hydrogen-bond acceptors (Lipinski definition) is 9. The van der Waals surface area contributed by atoms with Crippen molar-refractivity contribution in [1.82, 2.24) is 4.57 Å². The Labute approximate surface area is 279 Å². The molecule has 2 heterocycles. The molecule has 0 saturated heterocycles. The minimum atomic E-state index is -0.795. The zero-order valence-electron chi connectivity index (χ0n) is 25.7. The lowest BCUT2D eigenvalue weighted by molar-refractivity contribution is -0.136. The van der Waals surface area contributed by atoms with Crippen LogP contribution in [0, 0.1) is 0 Å². The van der Waals surface area contributed by atoms with Crippen LogP contribution in [0.25, 0.3) is 6.08 Å². The smallest absolute Gasteiger partial charge is 0.337 e. The number of fused-ring (bicyclic) bond motifs is 1. The number of carbonyl (C=O) groups excluding carboxylic acids is 1. The lowest BCUT2D eigenvalue weighted by Gasteiger charge is -2.23. The van der Waals surface area contributed by atoms with Crippen molar-refractivity contribution in [2.45, 2.75) is 33.4 Å². The zero-order chi connectivity index (χ0) is 32.8. The van der Waals surface area contributed by atoms with Gasteiger partial charge in [-0.15, -0.1) is 0 Å². The fraction of sp³-hybridized carbons (Fsp3) is 0.265. The summed E-state index contributed by atoms with van der Waals surface area (Å²) >= 11 is 13.4. The van der Waals surface area contributed by atoms with Gasteiger partial charge in [0, 0.05) is 6.20 Å². The fourth-order valence-corrected chi connectivity index (χ4v) is 6.22. The van der Waals surface area contributed by atoms with Crippen molar-refractivity contribution < 1.29 is 28.5 Å². The Balaban J connectivity index is 1.53. The number of carbonyl (C=O) groups is 1. The van der Waals surface area contributed by atoms with Gasteiger partial charge in [-0.05, 0) is 79.9 Å². The molecule has 0 amide bonds. The normalized spacial score (nSPS) is 14.2. The standard InChI is InChI=1S/C34H32Cl2N2O7S/c1-5-42-26-13-10-22(17-29(26)44-7-3)31-23(33(40)41-4)18-37-34-38(31)32(39)30(46-34)16-20-9-12-27(28(15-20)43-6-2)45-19-21-8-11-24(35)25(36)14-21/h8-18,31H,5-7,19H2,1-4H3/b30-16-/t31-/m1/s1. The molecule has 3 aromatic carbocycles. The second-order valence-corrected chi connectivity index (χ2v) is 11.7. The van der Waals surface area contributed by atoms with E-state index < -0.39 is 12.0 Å². The van der Waals surface area contributed by atoms with Gasteiger partial charge in [0.15, 0.2) is 27.8 Å². The van der Waals surface area contributed by atoms with Gasteiger partial charge < -0.3 is 23.7 Å². The molecule has 1 aliphatic rings. The Bertz CT molecular complexity index is 1970. The van der Waals surface area contributed by atoms with E-state index in [1.54, 1.807) is 36.4 Å². The third-order valence-electron chi connectivity index (χ3n) is 6.95. The van der Waals surface area contributed by atoms with Crippen LogP contribution in [0.2, 0.25) is 10.0 Å². The van der Waals surface area contributed by atoms with Crippen LogP contribution >= 0.6 is 34.5 Å². The van der Waals surface area contributed by atoms with Gasteiger partial charge in [0.1, 0.15) is 6.61 Å². The monoisotopic (exact) mass is 682 g/mol. The Morgan fingerprint density at radius 1 is 0.870 bits per heavy atom. The predicted octanol–water partition coefficient (Wildman–Crippen LogP) is 6.10. The molecule has 0 unspecified atom stereocenters. The maximum atomic E-state index is 14.0. The van der Waals surface area contributed by atoms with Gasteiger partial charge in [0.2, 0.25) is 0 Å². The molecule has 0 spiro atoms. The Morgan fingerprint density at radius 3 is 2.24 bits per heavy atom. The van der Waals surface area contributed by atoms with E-state index in [0.29, 0.717) is 67.8 Å². The van der Waals surface area contributed by atoms with Gasteiger partial charge in [-0.3, -0.25) is 9.36 Å². The molecule has 1 atom stereocenters. The quantitative estimate of drug-likeness (QED) is 0.167. The van der Waals surface area contributed by atoms with Crippen LogP contribution in [0.5, 0.6) is 23.0 Å². The second kappa shape index (κ2) is 14.9. The van der Waals surface area contributed by atoms with Crippen molar-refractivity contribution in [3.8, 4) is 23.0 Å². The van der Waals surface area contributed by atoms with E-state index in [0.717, 1.165) is 11.1 Å². The van der Waals surface area contributed by atoms with Gasteiger partial charge in [0.05, 0.1) is 53.1 Å². The Kier molecular flexibility index (Phi) is 10.7. The molecule has 0 aliphatic carbocycles. The van der Waals surface area contributed by atoms with Crippen molar-refractivity contribution >= 4 is 46.6 Å². The predicted molar refractivity (Wildman–Crippen MR) is 178 cm³/mol. The zero-order valence-corrected chi connectivity index (χ0v) is 28.0. The third kappa shape index (κ3) is 7.09. The molecule has 46 heavy (non-hydrogen) atoms. The maximum absolute atomic E-state index is 14.0. The molecule has 0 saturated carbocycles. The highest BCUT2D eigenvalue weighted by Gasteiger charge is 2.31. The summed E-state index contributed by atoms with van der Waals surface area (Å²) in [7, 11) is 1.29. The lowest BCUT2D eigenvalue weighted by Crippen LogP contribution is -2.39. The van der Waals surface area contributed by atoms with Crippen LogP contribution in [0.1, 0.15) is 43.5 Å². The number of nitrogens with zero attached hydrogens (tertiary/aromatic N) is 2. The van der Waals surface area contributed by atoms with Crippen LogP contribution in [0.4, 0.5) is 0 Å². The molecule has 0 bridgehead atoms. The Morgan fingerprint density at radius 2 is 1.54 bits per heavy atom. The summed E-state index contributed by atoms with van der Waals surface area (Å²) in [6, 6.07) is 15.3. The van der Waals surface area contributed by atoms with Crippen molar-refractivity contribution in [3.05, 3.63) is 113 Å². The summed E-state index contributed by atoms with van der Waals surface area (Å²) in [5.74, 6) is 1.55. The van der Waals surface area contributed by atoms with Gasteiger partial charge >= 0.3 is 5.97 Å².